The summed E-state index contributed by atoms with van der Waals surface area (Å²) in [5.74, 6) is 0.719. The Bertz CT molecular complexity index is 238. The zero-order valence-corrected chi connectivity index (χ0v) is 11.1. The quantitative estimate of drug-likeness (QED) is 0.693. The molecule has 1 fully saturated rings. The first-order valence-corrected chi connectivity index (χ1v) is 6.26. The van der Waals surface area contributed by atoms with Crippen LogP contribution in [0.25, 0.3) is 0 Å². The molecule has 0 aromatic heterocycles. The molecule has 3 heteroatoms. The molecule has 1 atom stereocenters. The maximum atomic E-state index is 11.6. The first kappa shape index (κ1) is 13.5. The molecule has 1 unspecified atom stereocenters. The molecule has 3 nitrogen and oxygen atoms in total. The zero-order chi connectivity index (χ0) is 12.2. The Labute approximate surface area is 99.1 Å². The van der Waals surface area contributed by atoms with Gasteiger partial charge in [-0.15, -0.1) is 0 Å². The first-order chi connectivity index (χ1) is 7.45. The van der Waals surface area contributed by atoms with Gasteiger partial charge in [0, 0.05) is 6.54 Å². The van der Waals surface area contributed by atoms with E-state index in [0.29, 0.717) is 0 Å². The summed E-state index contributed by atoms with van der Waals surface area (Å²) in [5, 5.41) is 0. The molecule has 1 rings (SSSR count). The second-order valence-corrected chi connectivity index (χ2v) is 5.69. The Hall–Kier alpha value is -0.570. The van der Waals surface area contributed by atoms with Gasteiger partial charge in [0.05, 0.1) is 12.5 Å². The van der Waals surface area contributed by atoms with Gasteiger partial charge in [-0.1, -0.05) is 6.92 Å². The molecule has 0 aromatic carbocycles. The molecule has 1 aliphatic heterocycles. The van der Waals surface area contributed by atoms with E-state index in [1.165, 1.54) is 26.4 Å². The standard InChI is InChI=1S/C13H25NO2/c1-11-6-5-8-14(9-7-11)10-13(2,3)12(15)16-4/h11H,5-10H2,1-4H3. The number of likely N-dealkylation sites (tertiary alicyclic amines) is 1. The number of methoxy groups -OCH3 is 1. The third-order valence-corrected chi connectivity index (χ3v) is 3.47. The molecule has 0 aromatic rings. The lowest BCUT2D eigenvalue weighted by Gasteiger charge is -2.29. The first-order valence-electron chi connectivity index (χ1n) is 6.26. The van der Waals surface area contributed by atoms with E-state index in [1.807, 2.05) is 13.8 Å². The average Bonchev–Trinajstić information content (AvgIpc) is 2.42. The number of ether oxygens (including phenoxy) is 1. The molecule has 1 saturated heterocycles. The number of carbonyl (C=O) groups excluding carboxylic acids is 1. The van der Waals surface area contributed by atoms with Crippen molar-refractivity contribution in [1.29, 1.82) is 0 Å². The van der Waals surface area contributed by atoms with Crippen molar-refractivity contribution < 1.29 is 9.53 Å². The van der Waals surface area contributed by atoms with Crippen LogP contribution in [0.5, 0.6) is 0 Å². The highest BCUT2D eigenvalue weighted by Crippen LogP contribution is 2.23. The van der Waals surface area contributed by atoms with Crippen molar-refractivity contribution >= 4 is 5.97 Å². The van der Waals surface area contributed by atoms with E-state index in [1.54, 1.807) is 0 Å². The molecule has 0 N–H and O–H groups in total. The second-order valence-electron chi connectivity index (χ2n) is 5.69. The highest BCUT2D eigenvalue weighted by atomic mass is 16.5. The van der Waals surface area contributed by atoms with E-state index in [-0.39, 0.29) is 11.4 Å². The number of carbonyl (C=O) groups is 1. The van der Waals surface area contributed by atoms with Crippen LogP contribution in [0.15, 0.2) is 0 Å². The molecule has 0 bridgehead atoms. The van der Waals surface area contributed by atoms with Crippen molar-refractivity contribution in [3.05, 3.63) is 0 Å². The predicted octanol–water partition coefficient (Wildman–Crippen LogP) is 2.31. The monoisotopic (exact) mass is 227 g/mol. The van der Waals surface area contributed by atoms with Gasteiger partial charge in [0.2, 0.25) is 0 Å². The molecular weight excluding hydrogens is 202 g/mol. The summed E-state index contributed by atoms with van der Waals surface area (Å²) in [6, 6.07) is 0. The molecule has 0 aliphatic carbocycles. The highest BCUT2D eigenvalue weighted by Gasteiger charge is 2.31. The molecule has 0 radical (unpaired) electrons. The molecule has 0 spiro atoms. The average molecular weight is 227 g/mol. The van der Waals surface area contributed by atoms with Crippen LogP contribution in [0.4, 0.5) is 0 Å². The molecule has 0 amide bonds. The maximum absolute atomic E-state index is 11.6. The predicted molar refractivity (Wildman–Crippen MR) is 65.3 cm³/mol. The zero-order valence-electron chi connectivity index (χ0n) is 11.1. The lowest BCUT2D eigenvalue weighted by atomic mass is 9.93. The van der Waals surface area contributed by atoms with Crippen LogP contribution in [0, 0.1) is 11.3 Å². The summed E-state index contributed by atoms with van der Waals surface area (Å²) in [4.78, 5) is 14.0. The van der Waals surface area contributed by atoms with Crippen LogP contribution in [0.2, 0.25) is 0 Å². The number of esters is 1. The minimum absolute atomic E-state index is 0.107. The minimum Gasteiger partial charge on any atom is -0.469 e. The Balaban J connectivity index is 2.49. The smallest absolute Gasteiger partial charge is 0.312 e. The normalized spacial score (nSPS) is 23.9. The van der Waals surface area contributed by atoms with Gasteiger partial charge in [0.1, 0.15) is 0 Å². The molecule has 0 saturated carbocycles. The third kappa shape index (κ3) is 3.78. The Morgan fingerprint density at radius 1 is 1.38 bits per heavy atom. The molecular formula is C13H25NO2. The van der Waals surface area contributed by atoms with Crippen molar-refractivity contribution in [2.45, 2.75) is 40.0 Å². The maximum Gasteiger partial charge on any atom is 0.312 e. The van der Waals surface area contributed by atoms with Crippen LogP contribution in [0.3, 0.4) is 0 Å². The van der Waals surface area contributed by atoms with E-state index in [2.05, 4.69) is 11.8 Å². The fraction of sp³-hybridized carbons (Fsp3) is 0.923. The van der Waals surface area contributed by atoms with Gasteiger partial charge >= 0.3 is 5.97 Å². The van der Waals surface area contributed by atoms with E-state index in [0.717, 1.165) is 25.6 Å². The summed E-state index contributed by atoms with van der Waals surface area (Å²) < 4.78 is 4.84. The Kier molecular flexibility index (Phi) is 4.78. The van der Waals surface area contributed by atoms with Gasteiger partial charge in [-0.25, -0.2) is 0 Å². The summed E-state index contributed by atoms with van der Waals surface area (Å²) in [7, 11) is 1.47. The van der Waals surface area contributed by atoms with Crippen LogP contribution in [-0.2, 0) is 9.53 Å². The van der Waals surface area contributed by atoms with Gasteiger partial charge in [0.15, 0.2) is 0 Å². The Morgan fingerprint density at radius 3 is 2.69 bits per heavy atom. The summed E-state index contributed by atoms with van der Waals surface area (Å²) in [6.07, 6.45) is 3.81. The number of hydrogen-bond donors (Lipinski definition) is 0. The fourth-order valence-electron chi connectivity index (χ4n) is 2.38. The van der Waals surface area contributed by atoms with E-state index >= 15 is 0 Å². The van der Waals surface area contributed by atoms with Gasteiger partial charge in [-0.2, -0.15) is 0 Å². The van der Waals surface area contributed by atoms with Crippen molar-refractivity contribution in [2.24, 2.45) is 11.3 Å². The molecule has 1 aliphatic rings. The SMILES string of the molecule is COC(=O)C(C)(C)CN1CCCC(C)CC1. The lowest BCUT2D eigenvalue weighted by Crippen LogP contribution is -2.40. The third-order valence-electron chi connectivity index (χ3n) is 3.47. The van der Waals surface area contributed by atoms with Crippen molar-refractivity contribution in [3.8, 4) is 0 Å². The van der Waals surface area contributed by atoms with Crippen LogP contribution < -0.4 is 0 Å². The molecule has 1 heterocycles. The number of hydrogen-bond acceptors (Lipinski definition) is 3. The highest BCUT2D eigenvalue weighted by molar-refractivity contribution is 5.76. The second kappa shape index (κ2) is 5.67. The van der Waals surface area contributed by atoms with E-state index < -0.39 is 0 Å². The van der Waals surface area contributed by atoms with Crippen LogP contribution >= 0.6 is 0 Å². The largest absolute Gasteiger partial charge is 0.469 e. The van der Waals surface area contributed by atoms with Crippen LogP contribution in [0.1, 0.15) is 40.0 Å². The number of nitrogens with zero attached hydrogens (tertiary/aromatic N) is 1. The van der Waals surface area contributed by atoms with Crippen molar-refractivity contribution in [3.63, 3.8) is 0 Å². The van der Waals surface area contributed by atoms with E-state index in [4.69, 9.17) is 4.74 Å². The van der Waals surface area contributed by atoms with Crippen molar-refractivity contribution in [2.75, 3.05) is 26.7 Å². The molecule has 94 valence electrons. The summed E-state index contributed by atoms with van der Waals surface area (Å²) in [5.41, 5.74) is -0.387. The molecule has 16 heavy (non-hydrogen) atoms. The summed E-state index contributed by atoms with van der Waals surface area (Å²) in [6.45, 7) is 9.29. The van der Waals surface area contributed by atoms with Gasteiger partial charge in [0.25, 0.3) is 0 Å². The number of rotatable bonds is 3. The summed E-state index contributed by atoms with van der Waals surface area (Å²) >= 11 is 0. The Morgan fingerprint density at radius 2 is 2.06 bits per heavy atom. The van der Waals surface area contributed by atoms with Gasteiger partial charge < -0.3 is 9.64 Å². The minimum atomic E-state index is -0.387. The topological polar surface area (TPSA) is 29.5 Å². The fourth-order valence-corrected chi connectivity index (χ4v) is 2.38. The van der Waals surface area contributed by atoms with Gasteiger partial charge in [-0.3, -0.25) is 4.79 Å². The van der Waals surface area contributed by atoms with Gasteiger partial charge in [-0.05, 0) is 52.1 Å². The van der Waals surface area contributed by atoms with Crippen molar-refractivity contribution in [1.82, 2.24) is 4.90 Å². The van der Waals surface area contributed by atoms with Crippen LogP contribution in [-0.4, -0.2) is 37.6 Å². The lowest BCUT2D eigenvalue weighted by molar-refractivity contribution is -0.151. The van der Waals surface area contributed by atoms with E-state index in [9.17, 15) is 4.79 Å².